The summed E-state index contributed by atoms with van der Waals surface area (Å²) in [5.41, 5.74) is 1.25. The summed E-state index contributed by atoms with van der Waals surface area (Å²) in [5, 5.41) is 0. The average Bonchev–Trinajstić information content (AvgIpc) is 2.40. The minimum absolute atomic E-state index is 0.188. The van der Waals surface area contributed by atoms with Crippen molar-refractivity contribution in [1.82, 2.24) is 9.80 Å². The lowest BCUT2D eigenvalue weighted by molar-refractivity contribution is -0.112. The molecule has 0 bridgehead atoms. The van der Waals surface area contributed by atoms with Gasteiger partial charge in [-0.05, 0) is 52.1 Å². The summed E-state index contributed by atoms with van der Waals surface area (Å²) in [6.07, 6.45) is 9.74. The highest BCUT2D eigenvalue weighted by Gasteiger charge is 2.18. The first-order valence-electron chi connectivity index (χ1n) is 7.44. The quantitative estimate of drug-likeness (QED) is 0.716. The van der Waals surface area contributed by atoms with Crippen LogP contribution in [0.15, 0.2) is 11.8 Å². The average molecular weight is 250 g/mol. The molecule has 0 unspecified atom stereocenters. The highest BCUT2D eigenvalue weighted by atomic mass is 16.1. The maximum absolute atomic E-state index is 11.4. The summed E-state index contributed by atoms with van der Waals surface area (Å²) in [5.74, 6) is 0.188. The molecule has 0 amide bonds. The fourth-order valence-electron chi connectivity index (χ4n) is 3.00. The zero-order chi connectivity index (χ0) is 12.8. The van der Waals surface area contributed by atoms with Crippen molar-refractivity contribution in [2.45, 2.75) is 45.4 Å². The molecule has 2 rings (SSSR count). The molecule has 3 nitrogen and oxygen atoms in total. The zero-order valence-electron chi connectivity index (χ0n) is 11.7. The minimum atomic E-state index is 0.188. The molecule has 0 aromatic carbocycles. The van der Waals surface area contributed by atoms with Crippen molar-refractivity contribution in [1.29, 1.82) is 0 Å². The van der Waals surface area contributed by atoms with Gasteiger partial charge >= 0.3 is 0 Å². The van der Waals surface area contributed by atoms with Gasteiger partial charge in [0.1, 0.15) is 0 Å². The molecular formula is C15H26N2O. The van der Waals surface area contributed by atoms with E-state index in [2.05, 4.69) is 9.80 Å². The van der Waals surface area contributed by atoms with Crippen LogP contribution in [0.3, 0.4) is 0 Å². The van der Waals surface area contributed by atoms with E-state index in [1.165, 1.54) is 57.3 Å². The van der Waals surface area contributed by atoms with Gasteiger partial charge in [-0.25, -0.2) is 0 Å². The first-order chi connectivity index (χ1) is 8.75. The Kier molecular flexibility index (Phi) is 5.24. The van der Waals surface area contributed by atoms with Gasteiger partial charge in [0.25, 0.3) is 0 Å². The van der Waals surface area contributed by atoms with Gasteiger partial charge in [0.05, 0.1) is 0 Å². The Morgan fingerprint density at radius 1 is 0.944 bits per heavy atom. The van der Waals surface area contributed by atoms with E-state index in [0.29, 0.717) is 0 Å². The van der Waals surface area contributed by atoms with Crippen LogP contribution in [0, 0.1) is 0 Å². The van der Waals surface area contributed by atoms with Crippen LogP contribution in [0.2, 0.25) is 0 Å². The largest absolute Gasteiger partial charge is 0.374 e. The monoisotopic (exact) mass is 250 g/mol. The Morgan fingerprint density at radius 2 is 1.50 bits per heavy atom. The lowest BCUT2D eigenvalue weighted by Gasteiger charge is -2.35. The van der Waals surface area contributed by atoms with Crippen LogP contribution in [0.5, 0.6) is 0 Å². The first-order valence-corrected chi connectivity index (χ1v) is 7.44. The van der Waals surface area contributed by atoms with Gasteiger partial charge in [-0.1, -0.05) is 6.42 Å². The number of hydrogen-bond acceptors (Lipinski definition) is 3. The fraction of sp³-hybridized carbons (Fsp3) is 0.800. The van der Waals surface area contributed by atoms with Crippen LogP contribution >= 0.6 is 0 Å². The molecule has 0 N–H and O–H groups in total. The second-order valence-electron chi connectivity index (χ2n) is 5.63. The van der Waals surface area contributed by atoms with Gasteiger partial charge in [0.2, 0.25) is 0 Å². The second kappa shape index (κ2) is 6.93. The third kappa shape index (κ3) is 4.13. The van der Waals surface area contributed by atoms with Gasteiger partial charge < -0.3 is 4.90 Å². The lowest BCUT2D eigenvalue weighted by atomic mass is 10.1. The van der Waals surface area contributed by atoms with Crippen molar-refractivity contribution in [2.75, 3.05) is 32.7 Å². The van der Waals surface area contributed by atoms with Gasteiger partial charge in [-0.3, -0.25) is 9.69 Å². The van der Waals surface area contributed by atoms with Crippen molar-refractivity contribution in [2.24, 2.45) is 0 Å². The maximum Gasteiger partial charge on any atom is 0.154 e. The van der Waals surface area contributed by atoms with Crippen molar-refractivity contribution in [3.8, 4) is 0 Å². The van der Waals surface area contributed by atoms with E-state index in [9.17, 15) is 4.79 Å². The van der Waals surface area contributed by atoms with E-state index >= 15 is 0 Å². The van der Waals surface area contributed by atoms with Gasteiger partial charge in [-0.15, -0.1) is 0 Å². The number of hydrogen-bond donors (Lipinski definition) is 0. The summed E-state index contributed by atoms with van der Waals surface area (Å²) in [4.78, 5) is 16.4. The highest BCUT2D eigenvalue weighted by molar-refractivity contribution is 5.87. The molecule has 2 saturated heterocycles. The van der Waals surface area contributed by atoms with E-state index < -0.39 is 0 Å². The Morgan fingerprint density at radius 3 is 2.06 bits per heavy atom. The number of piperidine rings is 2. The second-order valence-corrected chi connectivity index (χ2v) is 5.63. The van der Waals surface area contributed by atoms with Gasteiger partial charge in [0, 0.05) is 31.4 Å². The fourth-order valence-corrected chi connectivity index (χ4v) is 3.00. The standard InChI is InChI=1S/C15H26N2O/c1-14(18)12-15(17-10-6-3-7-11-17)13-16-8-4-2-5-9-16/h12H,2-11,13H2,1H3/b15-12+. The molecule has 102 valence electrons. The maximum atomic E-state index is 11.4. The lowest BCUT2D eigenvalue weighted by Crippen LogP contribution is -2.38. The molecule has 0 aromatic rings. The molecule has 0 radical (unpaired) electrons. The number of carbonyl (C=O) groups is 1. The molecule has 0 aliphatic carbocycles. The van der Waals surface area contributed by atoms with Gasteiger partial charge in [0.15, 0.2) is 5.78 Å². The number of likely N-dealkylation sites (tertiary alicyclic amines) is 2. The van der Waals surface area contributed by atoms with E-state index in [0.717, 1.165) is 19.6 Å². The Labute approximate surface area is 111 Å². The number of nitrogens with zero attached hydrogens (tertiary/aromatic N) is 2. The minimum Gasteiger partial charge on any atom is -0.374 e. The van der Waals surface area contributed by atoms with Crippen LogP contribution in [-0.4, -0.2) is 48.3 Å². The molecule has 18 heavy (non-hydrogen) atoms. The van der Waals surface area contributed by atoms with Crippen LogP contribution in [0.25, 0.3) is 0 Å². The number of rotatable bonds is 4. The summed E-state index contributed by atoms with van der Waals surface area (Å²) in [7, 11) is 0. The van der Waals surface area contributed by atoms with Crippen molar-refractivity contribution in [3.63, 3.8) is 0 Å². The van der Waals surface area contributed by atoms with Crippen molar-refractivity contribution in [3.05, 3.63) is 11.8 Å². The third-order valence-corrected chi connectivity index (χ3v) is 3.97. The molecule has 0 atom stereocenters. The van der Waals surface area contributed by atoms with Crippen molar-refractivity contribution < 1.29 is 4.79 Å². The van der Waals surface area contributed by atoms with E-state index in [1.807, 2.05) is 6.08 Å². The van der Waals surface area contributed by atoms with E-state index in [-0.39, 0.29) is 5.78 Å². The van der Waals surface area contributed by atoms with Crippen LogP contribution in [0.1, 0.15) is 45.4 Å². The Hall–Kier alpha value is -0.830. The summed E-state index contributed by atoms with van der Waals surface area (Å²) in [6, 6.07) is 0. The summed E-state index contributed by atoms with van der Waals surface area (Å²) < 4.78 is 0. The predicted molar refractivity (Wildman–Crippen MR) is 74.5 cm³/mol. The van der Waals surface area contributed by atoms with Crippen molar-refractivity contribution >= 4 is 5.78 Å². The third-order valence-electron chi connectivity index (χ3n) is 3.97. The molecule has 2 aliphatic heterocycles. The van der Waals surface area contributed by atoms with Crippen LogP contribution < -0.4 is 0 Å². The summed E-state index contributed by atoms with van der Waals surface area (Å²) in [6.45, 7) is 7.30. The van der Waals surface area contributed by atoms with Crippen LogP contribution in [0.4, 0.5) is 0 Å². The molecule has 0 saturated carbocycles. The molecule has 3 heteroatoms. The molecule has 0 spiro atoms. The normalized spacial score (nSPS) is 23.2. The van der Waals surface area contributed by atoms with E-state index in [1.54, 1.807) is 6.92 Å². The predicted octanol–water partition coefficient (Wildman–Crippen LogP) is 2.43. The molecular weight excluding hydrogens is 224 g/mol. The van der Waals surface area contributed by atoms with Crippen LogP contribution in [-0.2, 0) is 4.79 Å². The first kappa shape index (κ1) is 13.6. The highest BCUT2D eigenvalue weighted by Crippen LogP contribution is 2.18. The van der Waals surface area contributed by atoms with Gasteiger partial charge in [-0.2, -0.15) is 0 Å². The van der Waals surface area contributed by atoms with E-state index in [4.69, 9.17) is 0 Å². The molecule has 0 aromatic heterocycles. The Balaban J connectivity index is 1.97. The molecule has 2 fully saturated rings. The zero-order valence-corrected chi connectivity index (χ0v) is 11.7. The smallest absolute Gasteiger partial charge is 0.154 e. The summed E-state index contributed by atoms with van der Waals surface area (Å²) >= 11 is 0. The number of carbonyl (C=O) groups excluding carboxylic acids is 1. The molecule has 2 aliphatic rings. The SMILES string of the molecule is CC(=O)/C=C(\CN1CCCCC1)N1CCCCC1. The number of ketones is 1. The number of allylic oxidation sites excluding steroid dienone is 1. The molecule has 2 heterocycles. The topological polar surface area (TPSA) is 23.6 Å². The Bertz CT molecular complexity index is 300.